The first-order chi connectivity index (χ1) is 12.7. The molecule has 146 valence electrons. The van der Waals surface area contributed by atoms with Crippen LogP contribution in [0, 0.1) is 5.92 Å². The minimum absolute atomic E-state index is 0.0147. The van der Waals surface area contributed by atoms with Crippen LogP contribution in [0.4, 0.5) is 0 Å². The Morgan fingerprint density at radius 2 is 1.56 bits per heavy atom. The van der Waals surface area contributed by atoms with Gasteiger partial charge in [0.05, 0.1) is 0 Å². The van der Waals surface area contributed by atoms with Crippen molar-refractivity contribution in [2.75, 3.05) is 6.54 Å². The van der Waals surface area contributed by atoms with E-state index in [2.05, 4.69) is 4.18 Å². The van der Waals surface area contributed by atoms with Crippen LogP contribution in [0.5, 0.6) is 0 Å². The van der Waals surface area contributed by atoms with Crippen molar-refractivity contribution in [2.45, 2.75) is 44.1 Å². The molecule has 0 aromatic heterocycles. The molecule has 3 aliphatic rings. The van der Waals surface area contributed by atoms with Crippen LogP contribution >= 0.6 is 0 Å². The summed E-state index contributed by atoms with van der Waals surface area (Å²) in [5.74, 6) is -3.17. The van der Waals surface area contributed by atoms with Crippen molar-refractivity contribution in [3.05, 3.63) is 12.2 Å². The van der Waals surface area contributed by atoms with Crippen molar-refractivity contribution in [2.24, 2.45) is 5.92 Å². The molecule has 0 N–H and O–H groups in total. The molecule has 0 radical (unpaired) electrons. The lowest BCUT2D eigenvalue weighted by Gasteiger charge is -2.42. The van der Waals surface area contributed by atoms with Gasteiger partial charge in [0.1, 0.15) is 5.54 Å². The van der Waals surface area contributed by atoms with Gasteiger partial charge < -0.3 is 4.18 Å². The maximum atomic E-state index is 12.5. The fourth-order valence-electron chi connectivity index (χ4n) is 3.93. The van der Waals surface area contributed by atoms with E-state index >= 15 is 0 Å². The minimum Gasteiger partial charge on any atom is -0.345 e. The van der Waals surface area contributed by atoms with Gasteiger partial charge in [-0.2, -0.15) is 8.42 Å². The standard InChI is InChI=1S/C16H18N2O8S/c19-11-1-2-12(20)17(11)9-10-5-7-16(8-6-10,15(23)26-27(24)25)18-13(21)3-4-14(18)22/h1-2,10,27H,3-9H2. The Morgan fingerprint density at radius 1 is 1.04 bits per heavy atom. The highest BCUT2D eigenvalue weighted by molar-refractivity contribution is 7.67. The van der Waals surface area contributed by atoms with Gasteiger partial charge in [0.15, 0.2) is 0 Å². The summed E-state index contributed by atoms with van der Waals surface area (Å²) in [6.07, 6.45) is 2.95. The first-order valence-electron chi connectivity index (χ1n) is 8.51. The minimum atomic E-state index is -3.48. The summed E-state index contributed by atoms with van der Waals surface area (Å²) in [5, 5.41) is 0. The maximum absolute atomic E-state index is 12.5. The van der Waals surface area contributed by atoms with Gasteiger partial charge in [-0.05, 0) is 31.6 Å². The molecule has 2 aliphatic heterocycles. The highest BCUT2D eigenvalue weighted by Gasteiger charge is 2.54. The molecular formula is C16H18N2O8S. The molecule has 2 fully saturated rings. The Hall–Kier alpha value is -2.56. The molecule has 11 heteroatoms. The number of imide groups is 2. The van der Waals surface area contributed by atoms with E-state index in [1.807, 2.05) is 0 Å². The largest absolute Gasteiger partial charge is 0.348 e. The van der Waals surface area contributed by atoms with Crippen molar-refractivity contribution in [3.8, 4) is 0 Å². The van der Waals surface area contributed by atoms with Gasteiger partial charge in [-0.3, -0.25) is 29.0 Å². The van der Waals surface area contributed by atoms with E-state index in [1.54, 1.807) is 0 Å². The molecule has 1 saturated heterocycles. The molecule has 0 aromatic rings. The van der Waals surface area contributed by atoms with E-state index in [9.17, 15) is 32.4 Å². The van der Waals surface area contributed by atoms with E-state index in [-0.39, 0.29) is 38.1 Å². The third-order valence-corrected chi connectivity index (χ3v) is 5.61. The smallest absolute Gasteiger partial charge is 0.345 e. The lowest BCUT2D eigenvalue weighted by Crippen LogP contribution is -2.59. The van der Waals surface area contributed by atoms with Gasteiger partial charge in [0, 0.05) is 31.5 Å². The second kappa shape index (κ2) is 7.22. The molecule has 0 unspecified atom stereocenters. The Kier molecular flexibility index (Phi) is 5.13. The zero-order valence-corrected chi connectivity index (χ0v) is 15.2. The molecule has 0 atom stereocenters. The van der Waals surface area contributed by atoms with Crippen LogP contribution in [-0.2, 0) is 39.1 Å². The molecule has 10 nitrogen and oxygen atoms in total. The van der Waals surface area contributed by atoms with Gasteiger partial charge in [-0.1, -0.05) is 0 Å². The molecular weight excluding hydrogens is 380 g/mol. The summed E-state index contributed by atoms with van der Waals surface area (Å²) in [6.45, 7) is 0.160. The molecule has 4 amide bonds. The first-order valence-corrected chi connectivity index (χ1v) is 9.60. The Morgan fingerprint density at radius 3 is 2.04 bits per heavy atom. The van der Waals surface area contributed by atoms with Crippen molar-refractivity contribution < 1.29 is 36.6 Å². The van der Waals surface area contributed by atoms with E-state index in [1.165, 1.54) is 12.2 Å². The topological polar surface area (TPSA) is 135 Å². The van der Waals surface area contributed by atoms with Crippen molar-refractivity contribution in [1.82, 2.24) is 9.80 Å². The second-order valence-electron chi connectivity index (χ2n) is 6.82. The number of hydrogen-bond donors (Lipinski definition) is 1. The Bertz CT molecular complexity index is 780. The van der Waals surface area contributed by atoms with Crippen LogP contribution in [0.15, 0.2) is 12.2 Å². The molecule has 1 aliphatic carbocycles. The fraction of sp³-hybridized carbons (Fsp3) is 0.562. The third kappa shape index (κ3) is 3.51. The Balaban J connectivity index is 1.77. The number of amides is 4. The van der Waals surface area contributed by atoms with Crippen LogP contribution in [-0.4, -0.2) is 59.9 Å². The zero-order valence-electron chi connectivity index (χ0n) is 14.3. The summed E-state index contributed by atoms with van der Waals surface area (Å²) in [5.41, 5.74) is -1.66. The molecule has 0 aromatic carbocycles. The van der Waals surface area contributed by atoms with Crippen molar-refractivity contribution in [1.29, 1.82) is 0 Å². The normalized spacial score (nSPS) is 28.6. The van der Waals surface area contributed by atoms with Gasteiger partial charge in [0.2, 0.25) is 11.8 Å². The first kappa shape index (κ1) is 19.2. The predicted molar refractivity (Wildman–Crippen MR) is 88.0 cm³/mol. The number of likely N-dealkylation sites (tertiary alicyclic amines) is 1. The van der Waals surface area contributed by atoms with Gasteiger partial charge >= 0.3 is 17.0 Å². The summed E-state index contributed by atoms with van der Waals surface area (Å²) >= 11 is 0. The van der Waals surface area contributed by atoms with E-state index < -0.39 is 46.1 Å². The lowest BCUT2D eigenvalue weighted by molar-refractivity contribution is -0.164. The number of hydrogen-bond acceptors (Lipinski definition) is 8. The summed E-state index contributed by atoms with van der Waals surface area (Å²) < 4.78 is 26.1. The Labute approximate surface area is 156 Å². The monoisotopic (exact) mass is 398 g/mol. The third-order valence-electron chi connectivity index (χ3n) is 5.29. The highest BCUT2D eigenvalue weighted by atomic mass is 32.2. The molecule has 27 heavy (non-hydrogen) atoms. The molecule has 1 saturated carbocycles. The van der Waals surface area contributed by atoms with Crippen LogP contribution in [0.3, 0.4) is 0 Å². The van der Waals surface area contributed by atoms with Gasteiger partial charge in [-0.15, -0.1) is 0 Å². The number of rotatable bonds is 5. The van der Waals surface area contributed by atoms with Gasteiger partial charge in [-0.25, -0.2) is 4.79 Å². The fourth-order valence-corrected chi connectivity index (χ4v) is 4.24. The molecule has 0 bridgehead atoms. The number of carbonyl (C=O) groups is 5. The maximum Gasteiger partial charge on any atom is 0.348 e. The zero-order chi connectivity index (χ0) is 19.8. The molecule has 3 rings (SSSR count). The van der Waals surface area contributed by atoms with Crippen LogP contribution in [0.25, 0.3) is 0 Å². The van der Waals surface area contributed by atoms with E-state index in [0.29, 0.717) is 12.8 Å². The molecule has 0 spiro atoms. The summed E-state index contributed by atoms with van der Waals surface area (Å²) in [7, 11) is -3.48. The quantitative estimate of drug-likeness (QED) is 0.463. The number of carbonyl (C=O) groups excluding carboxylic acids is 5. The average Bonchev–Trinajstić information content (AvgIpc) is 3.11. The van der Waals surface area contributed by atoms with Gasteiger partial charge in [0.25, 0.3) is 11.8 Å². The lowest BCUT2D eigenvalue weighted by atomic mass is 9.75. The average molecular weight is 398 g/mol. The van der Waals surface area contributed by atoms with Crippen molar-refractivity contribution in [3.63, 3.8) is 0 Å². The van der Waals surface area contributed by atoms with Crippen LogP contribution in [0.2, 0.25) is 0 Å². The number of nitrogens with zero attached hydrogens (tertiary/aromatic N) is 2. The SMILES string of the molecule is O=C1C=CC(=O)N1CC1CCC(C(=O)O[SH](=O)=O)(N2C(=O)CCC2=O)CC1. The summed E-state index contributed by atoms with van der Waals surface area (Å²) in [6, 6.07) is 0. The van der Waals surface area contributed by atoms with Crippen molar-refractivity contribution >= 4 is 40.6 Å². The summed E-state index contributed by atoms with van der Waals surface area (Å²) in [4.78, 5) is 62.1. The van der Waals surface area contributed by atoms with E-state index in [0.717, 1.165) is 9.80 Å². The number of thiol groups is 1. The second-order valence-corrected chi connectivity index (χ2v) is 7.45. The highest BCUT2D eigenvalue weighted by Crippen LogP contribution is 2.40. The van der Waals surface area contributed by atoms with Crippen LogP contribution < -0.4 is 0 Å². The van der Waals surface area contributed by atoms with Crippen LogP contribution in [0.1, 0.15) is 38.5 Å². The molecule has 2 heterocycles. The van der Waals surface area contributed by atoms with E-state index in [4.69, 9.17) is 0 Å². The predicted octanol–water partition coefficient (Wildman–Crippen LogP) is -0.941.